The van der Waals surface area contributed by atoms with Gasteiger partial charge in [0.05, 0.1) is 0 Å². The van der Waals surface area contributed by atoms with Crippen LogP contribution in [0.3, 0.4) is 0 Å². The number of benzene rings is 1. The van der Waals surface area contributed by atoms with Crippen molar-refractivity contribution >= 4 is 0 Å². The first-order chi connectivity index (χ1) is 9.31. The van der Waals surface area contributed by atoms with E-state index in [1.807, 2.05) is 0 Å². The highest BCUT2D eigenvalue weighted by molar-refractivity contribution is 5.27. The van der Waals surface area contributed by atoms with Gasteiger partial charge in [-0.15, -0.1) is 0 Å². The first kappa shape index (κ1) is 13.2. The molecule has 0 heterocycles. The minimum Gasteiger partial charge on any atom is -0.312 e. The Morgan fingerprint density at radius 2 is 1.63 bits per heavy atom. The number of rotatable bonds is 5. The molecule has 0 aliphatic heterocycles. The third kappa shape index (κ3) is 3.82. The maximum Gasteiger partial charge on any atom is 0.0205 e. The van der Waals surface area contributed by atoms with Crippen LogP contribution in [0.2, 0.25) is 0 Å². The highest BCUT2D eigenvalue weighted by Crippen LogP contribution is 2.39. The summed E-state index contributed by atoms with van der Waals surface area (Å²) in [5, 5.41) is 3.65. The maximum absolute atomic E-state index is 3.65. The van der Waals surface area contributed by atoms with Crippen molar-refractivity contribution in [2.24, 2.45) is 11.8 Å². The van der Waals surface area contributed by atoms with E-state index in [4.69, 9.17) is 0 Å². The molecule has 1 aromatic rings. The Bertz CT molecular complexity index is 383. The van der Waals surface area contributed by atoms with Crippen molar-refractivity contribution in [3.63, 3.8) is 0 Å². The van der Waals surface area contributed by atoms with Crippen LogP contribution in [0.15, 0.2) is 24.3 Å². The van der Waals surface area contributed by atoms with Gasteiger partial charge in [-0.2, -0.15) is 0 Å². The molecular weight excluding hydrogens is 230 g/mol. The van der Waals surface area contributed by atoms with Crippen molar-refractivity contribution < 1.29 is 0 Å². The van der Waals surface area contributed by atoms with Gasteiger partial charge in [-0.1, -0.05) is 44.0 Å². The highest BCUT2D eigenvalue weighted by atomic mass is 14.9. The van der Waals surface area contributed by atoms with E-state index in [1.54, 1.807) is 5.56 Å². The summed E-state index contributed by atoms with van der Waals surface area (Å²) in [5.74, 6) is 2.76. The summed E-state index contributed by atoms with van der Waals surface area (Å²) in [6.45, 7) is 4.64. The smallest absolute Gasteiger partial charge is 0.0205 e. The largest absolute Gasteiger partial charge is 0.312 e. The molecule has 2 saturated carbocycles. The average molecular weight is 257 g/mol. The summed E-state index contributed by atoms with van der Waals surface area (Å²) in [6.07, 6.45) is 8.52. The lowest BCUT2D eigenvalue weighted by molar-refractivity contribution is 0.281. The normalized spacial score (nSPS) is 27.4. The van der Waals surface area contributed by atoms with Crippen molar-refractivity contribution in [1.82, 2.24) is 5.32 Å². The lowest BCUT2D eigenvalue weighted by Crippen LogP contribution is -2.25. The standard InChI is InChI=1S/C18H27N/c1-14-2-4-15(5-3-14)12-19-13-16-6-8-17(9-7-16)18-10-11-18/h6-9,14-15,18-19H,2-5,10-13H2,1H3. The molecule has 3 rings (SSSR count). The molecule has 1 aromatic carbocycles. The van der Waals surface area contributed by atoms with Crippen molar-refractivity contribution in [1.29, 1.82) is 0 Å². The van der Waals surface area contributed by atoms with Gasteiger partial charge in [-0.25, -0.2) is 0 Å². The van der Waals surface area contributed by atoms with E-state index in [0.29, 0.717) is 0 Å². The van der Waals surface area contributed by atoms with E-state index in [-0.39, 0.29) is 0 Å². The molecule has 1 N–H and O–H groups in total. The summed E-state index contributed by atoms with van der Waals surface area (Å²) < 4.78 is 0. The molecule has 19 heavy (non-hydrogen) atoms. The molecule has 0 spiro atoms. The average Bonchev–Trinajstić information content (AvgIpc) is 3.26. The zero-order chi connectivity index (χ0) is 13.1. The number of hydrogen-bond donors (Lipinski definition) is 1. The van der Waals surface area contributed by atoms with Crippen LogP contribution in [-0.2, 0) is 6.54 Å². The Balaban J connectivity index is 1.39. The summed E-state index contributed by atoms with van der Waals surface area (Å²) in [5.41, 5.74) is 2.98. The van der Waals surface area contributed by atoms with E-state index in [0.717, 1.165) is 24.3 Å². The summed E-state index contributed by atoms with van der Waals surface area (Å²) >= 11 is 0. The number of hydrogen-bond acceptors (Lipinski definition) is 1. The molecule has 0 amide bonds. The molecule has 0 bridgehead atoms. The second-order valence-electron chi connectivity index (χ2n) is 6.77. The Morgan fingerprint density at radius 1 is 0.947 bits per heavy atom. The van der Waals surface area contributed by atoms with Crippen molar-refractivity contribution in [3.8, 4) is 0 Å². The molecule has 0 unspecified atom stereocenters. The minimum atomic E-state index is 0.881. The van der Waals surface area contributed by atoms with E-state index in [2.05, 4.69) is 36.5 Å². The SMILES string of the molecule is CC1CCC(CNCc2ccc(C3CC3)cc2)CC1. The van der Waals surface area contributed by atoms with Gasteiger partial charge in [-0.05, 0) is 61.1 Å². The monoisotopic (exact) mass is 257 g/mol. The van der Waals surface area contributed by atoms with Crippen LogP contribution in [0.25, 0.3) is 0 Å². The second-order valence-corrected chi connectivity index (χ2v) is 6.77. The molecule has 0 aromatic heterocycles. The Morgan fingerprint density at radius 3 is 2.26 bits per heavy atom. The van der Waals surface area contributed by atoms with Crippen LogP contribution in [0, 0.1) is 11.8 Å². The van der Waals surface area contributed by atoms with Crippen LogP contribution in [-0.4, -0.2) is 6.54 Å². The topological polar surface area (TPSA) is 12.0 Å². The lowest BCUT2D eigenvalue weighted by atomic mass is 9.83. The molecule has 2 aliphatic carbocycles. The van der Waals surface area contributed by atoms with Crippen LogP contribution in [0.4, 0.5) is 0 Å². The molecule has 104 valence electrons. The molecule has 0 radical (unpaired) electrons. The van der Waals surface area contributed by atoms with Gasteiger partial charge in [0, 0.05) is 6.54 Å². The Kier molecular flexibility index (Phi) is 4.22. The lowest BCUT2D eigenvalue weighted by Gasteiger charge is -2.26. The van der Waals surface area contributed by atoms with E-state index in [9.17, 15) is 0 Å². The Labute approximate surface area is 117 Å². The first-order valence-corrected chi connectivity index (χ1v) is 8.11. The summed E-state index contributed by atoms with van der Waals surface area (Å²) in [7, 11) is 0. The van der Waals surface area contributed by atoms with Crippen molar-refractivity contribution in [2.75, 3.05) is 6.54 Å². The van der Waals surface area contributed by atoms with Gasteiger partial charge in [-0.3, -0.25) is 0 Å². The maximum atomic E-state index is 3.65. The van der Waals surface area contributed by atoms with Crippen LogP contribution < -0.4 is 5.32 Å². The summed E-state index contributed by atoms with van der Waals surface area (Å²) in [4.78, 5) is 0. The second kappa shape index (κ2) is 6.09. The fourth-order valence-corrected chi connectivity index (χ4v) is 3.28. The van der Waals surface area contributed by atoms with Crippen LogP contribution >= 0.6 is 0 Å². The highest BCUT2D eigenvalue weighted by Gasteiger charge is 2.22. The predicted octanol–water partition coefficient (Wildman–Crippen LogP) is 4.48. The fraction of sp³-hybridized carbons (Fsp3) is 0.667. The zero-order valence-electron chi connectivity index (χ0n) is 12.2. The molecule has 2 aliphatic rings. The Hall–Kier alpha value is -0.820. The number of nitrogens with one attached hydrogen (secondary N) is 1. The van der Waals surface area contributed by atoms with Gasteiger partial charge < -0.3 is 5.32 Å². The molecule has 0 saturated heterocycles. The minimum absolute atomic E-state index is 0.881. The third-order valence-electron chi connectivity index (χ3n) is 4.93. The molecule has 0 atom stereocenters. The summed E-state index contributed by atoms with van der Waals surface area (Å²) in [6, 6.07) is 9.28. The van der Waals surface area contributed by atoms with E-state index in [1.165, 1.54) is 50.6 Å². The van der Waals surface area contributed by atoms with Gasteiger partial charge in [0.2, 0.25) is 0 Å². The molecule has 1 heteroatoms. The van der Waals surface area contributed by atoms with Crippen LogP contribution in [0.1, 0.15) is 62.5 Å². The van der Waals surface area contributed by atoms with Gasteiger partial charge >= 0.3 is 0 Å². The first-order valence-electron chi connectivity index (χ1n) is 8.11. The zero-order valence-corrected chi connectivity index (χ0v) is 12.2. The fourth-order valence-electron chi connectivity index (χ4n) is 3.28. The van der Waals surface area contributed by atoms with Gasteiger partial charge in [0.1, 0.15) is 0 Å². The van der Waals surface area contributed by atoms with E-state index < -0.39 is 0 Å². The third-order valence-corrected chi connectivity index (χ3v) is 4.93. The molecule has 1 nitrogen and oxygen atoms in total. The van der Waals surface area contributed by atoms with Crippen molar-refractivity contribution in [3.05, 3.63) is 35.4 Å². The van der Waals surface area contributed by atoms with Gasteiger partial charge in [0.15, 0.2) is 0 Å². The van der Waals surface area contributed by atoms with E-state index >= 15 is 0 Å². The van der Waals surface area contributed by atoms with Gasteiger partial charge in [0.25, 0.3) is 0 Å². The van der Waals surface area contributed by atoms with Crippen molar-refractivity contribution in [2.45, 2.75) is 57.9 Å². The molecular formula is C18H27N. The molecule has 2 fully saturated rings. The predicted molar refractivity (Wildman–Crippen MR) is 81.2 cm³/mol. The van der Waals surface area contributed by atoms with Crippen LogP contribution in [0.5, 0.6) is 0 Å². The quantitative estimate of drug-likeness (QED) is 0.820.